The first kappa shape index (κ1) is 32.1. The molecule has 4 aromatic rings. The maximum atomic E-state index is 14.4. The summed E-state index contributed by atoms with van der Waals surface area (Å²) in [5, 5.41) is 0. The average molecular weight is 693 g/mol. The second-order valence-electron chi connectivity index (χ2n) is 12.8. The highest BCUT2D eigenvalue weighted by atomic mass is 32.1. The van der Waals surface area contributed by atoms with E-state index in [1.807, 2.05) is 50.2 Å². The predicted molar refractivity (Wildman–Crippen MR) is 185 cm³/mol. The lowest BCUT2D eigenvalue weighted by molar-refractivity contribution is -0.123. The number of imide groups is 2. The number of nitrogens with zero attached hydrogens (tertiary/aromatic N) is 2. The van der Waals surface area contributed by atoms with Crippen molar-refractivity contribution in [2.24, 2.45) is 0 Å². The molecule has 0 spiro atoms. The first-order valence-corrected chi connectivity index (χ1v) is 17.8. The van der Waals surface area contributed by atoms with Gasteiger partial charge in [0.05, 0.1) is 32.3 Å². The van der Waals surface area contributed by atoms with E-state index < -0.39 is 35.2 Å². The van der Waals surface area contributed by atoms with Crippen LogP contribution in [-0.2, 0) is 19.1 Å². The second-order valence-corrected chi connectivity index (χ2v) is 17.6. The molecule has 0 N–H and O–H groups in total. The normalized spacial score (nSPS) is 15.4. The third kappa shape index (κ3) is 5.90. The van der Waals surface area contributed by atoms with Gasteiger partial charge in [0, 0.05) is 29.3 Å². The van der Waals surface area contributed by atoms with Crippen molar-refractivity contribution < 1.29 is 28.7 Å². The van der Waals surface area contributed by atoms with Crippen molar-refractivity contribution in [3.05, 3.63) is 79.2 Å². The Kier molecular flexibility index (Phi) is 7.99. The fraction of sp³-hybridized carbons (Fsp3) is 0.294. The maximum Gasteiger partial charge on any atom is 0.422 e. The van der Waals surface area contributed by atoms with Gasteiger partial charge in [-0.05, 0) is 104 Å². The van der Waals surface area contributed by atoms with Crippen LogP contribution in [0.15, 0.2) is 59.7 Å². The van der Waals surface area contributed by atoms with E-state index >= 15 is 0 Å². The van der Waals surface area contributed by atoms with E-state index in [-0.39, 0.29) is 22.5 Å². The summed E-state index contributed by atoms with van der Waals surface area (Å²) in [6.45, 7) is 14.3. The Morgan fingerprint density at radius 3 is 1.13 bits per heavy atom. The van der Waals surface area contributed by atoms with Crippen molar-refractivity contribution in [2.75, 3.05) is 0 Å². The van der Waals surface area contributed by atoms with Crippen molar-refractivity contribution in [1.82, 2.24) is 9.80 Å². The number of carbonyl (C=O) groups excluding carboxylic acids is 4. The van der Waals surface area contributed by atoms with Crippen LogP contribution in [0.1, 0.15) is 61.1 Å². The number of ether oxygens (including phenoxy) is 2. The molecule has 4 amide bonds. The molecule has 2 aliphatic rings. The van der Waals surface area contributed by atoms with Crippen LogP contribution in [0.25, 0.3) is 30.9 Å². The van der Waals surface area contributed by atoms with Gasteiger partial charge in [-0.3, -0.25) is 9.59 Å². The molecule has 0 aliphatic carbocycles. The Labute approximate surface area is 283 Å². The minimum absolute atomic E-state index is 0.0330. The molecule has 12 heteroatoms. The molecule has 6 heterocycles. The van der Waals surface area contributed by atoms with Gasteiger partial charge in [-0.2, -0.15) is 0 Å². The first-order valence-electron chi connectivity index (χ1n) is 14.5. The molecule has 0 atom stereocenters. The van der Waals surface area contributed by atoms with Crippen molar-refractivity contribution >= 4 is 80.7 Å². The van der Waals surface area contributed by atoms with E-state index in [1.165, 1.54) is 22.7 Å². The van der Waals surface area contributed by atoms with Gasteiger partial charge in [0.15, 0.2) is 0 Å². The first-order chi connectivity index (χ1) is 21.5. The molecule has 0 saturated carbocycles. The second kappa shape index (κ2) is 11.4. The highest BCUT2D eigenvalue weighted by Crippen LogP contribution is 2.51. The molecule has 6 rings (SSSR count). The number of hydrogen-bond acceptors (Lipinski definition) is 10. The number of carbonyl (C=O) groups is 4. The Morgan fingerprint density at radius 1 is 0.522 bits per heavy atom. The van der Waals surface area contributed by atoms with E-state index in [4.69, 9.17) is 9.47 Å². The Morgan fingerprint density at radius 2 is 0.826 bits per heavy atom. The minimum Gasteiger partial charge on any atom is -0.443 e. The molecule has 0 radical (unpaired) electrons. The monoisotopic (exact) mass is 692 g/mol. The molecule has 4 aromatic heterocycles. The van der Waals surface area contributed by atoms with Crippen LogP contribution in [0.5, 0.6) is 0 Å². The Balaban J connectivity index is 1.58. The number of rotatable bonds is 4. The maximum absolute atomic E-state index is 14.4. The number of amides is 4. The molecule has 8 nitrogen and oxygen atoms in total. The number of thiophene rings is 4. The zero-order chi connectivity index (χ0) is 33.3. The van der Waals surface area contributed by atoms with Crippen LogP contribution >= 0.6 is 45.3 Å². The van der Waals surface area contributed by atoms with Crippen LogP contribution in [-0.4, -0.2) is 45.0 Å². The Hall–Kier alpha value is -3.84. The van der Waals surface area contributed by atoms with E-state index in [1.54, 1.807) is 76.3 Å². The van der Waals surface area contributed by atoms with Gasteiger partial charge in [-0.1, -0.05) is 0 Å². The quantitative estimate of drug-likeness (QED) is 0.212. The number of fused-ring (bicyclic) bond motifs is 1. The van der Waals surface area contributed by atoms with Gasteiger partial charge in [-0.25, -0.2) is 19.4 Å². The number of hydrogen-bond donors (Lipinski definition) is 0. The van der Waals surface area contributed by atoms with Crippen molar-refractivity contribution in [3.8, 4) is 19.5 Å². The summed E-state index contributed by atoms with van der Waals surface area (Å²) in [5.41, 5.74) is -1.70. The van der Waals surface area contributed by atoms with Crippen LogP contribution in [0.4, 0.5) is 9.59 Å². The minimum atomic E-state index is -0.912. The van der Waals surface area contributed by atoms with Crippen LogP contribution < -0.4 is 0 Å². The smallest absolute Gasteiger partial charge is 0.422 e. The van der Waals surface area contributed by atoms with Gasteiger partial charge < -0.3 is 9.47 Å². The highest BCUT2D eigenvalue weighted by Gasteiger charge is 2.54. The molecule has 0 saturated heterocycles. The Bertz CT molecular complexity index is 1850. The van der Waals surface area contributed by atoms with Crippen LogP contribution in [0.2, 0.25) is 0 Å². The van der Waals surface area contributed by atoms with E-state index in [2.05, 4.69) is 0 Å². The standard InChI is InChI=1S/C34H32N2O6S4/c1-17-9-11-19(43-17)21-13-15-23(45-21)27-25-26(30(38)35(27)31(39)41-33(3,4)5)28(36(29(25)37)32(40)42-34(6,7)8)24-16-14-22(46-24)20-12-10-18(2)44-20/h9-16H,1-8H3. The third-order valence-corrected chi connectivity index (χ3v) is 11.4. The van der Waals surface area contributed by atoms with Crippen molar-refractivity contribution in [2.45, 2.75) is 66.6 Å². The van der Waals surface area contributed by atoms with E-state index in [9.17, 15) is 19.2 Å². The fourth-order valence-corrected chi connectivity index (χ4v) is 9.07. The zero-order valence-electron chi connectivity index (χ0n) is 26.6. The largest absolute Gasteiger partial charge is 0.443 e. The van der Waals surface area contributed by atoms with Crippen LogP contribution in [0, 0.1) is 13.8 Å². The van der Waals surface area contributed by atoms with Gasteiger partial charge >= 0.3 is 12.2 Å². The summed E-state index contributed by atoms with van der Waals surface area (Å²) in [4.78, 5) is 65.4. The molecule has 2 aliphatic heterocycles. The predicted octanol–water partition coefficient (Wildman–Crippen LogP) is 9.56. The molecule has 46 heavy (non-hydrogen) atoms. The van der Waals surface area contributed by atoms with Crippen molar-refractivity contribution in [1.29, 1.82) is 0 Å². The molecular formula is C34H32N2O6S4. The lowest BCUT2D eigenvalue weighted by Crippen LogP contribution is -2.40. The van der Waals surface area contributed by atoms with Crippen molar-refractivity contribution in [3.63, 3.8) is 0 Å². The zero-order valence-corrected chi connectivity index (χ0v) is 29.9. The number of aryl methyl sites for hydroxylation is 2. The van der Waals surface area contributed by atoms with Gasteiger partial charge in [0.1, 0.15) is 11.2 Å². The summed E-state index contributed by atoms with van der Waals surface area (Å²) in [5.74, 6) is -1.48. The SMILES string of the molecule is Cc1ccc(-c2ccc(C3=C4C(=O)N(C(=O)OC(C)(C)C)C(c5ccc(-c6ccc(C)s6)s5)=C4C(=O)N3C(=O)OC(C)(C)C)s2)s1. The molecule has 238 valence electrons. The van der Waals surface area contributed by atoms with Gasteiger partial charge in [0.2, 0.25) is 0 Å². The fourth-order valence-electron chi connectivity index (χ4n) is 5.06. The topological polar surface area (TPSA) is 93.2 Å². The lowest BCUT2D eigenvalue weighted by atomic mass is 10.1. The van der Waals surface area contributed by atoms with E-state index in [0.29, 0.717) is 9.75 Å². The molecular weight excluding hydrogens is 661 g/mol. The molecule has 0 aromatic carbocycles. The highest BCUT2D eigenvalue weighted by molar-refractivity contribution is 7.23. The molecule has 0 bridgehead atoms. The van der Waals surface area contributed by atoms with Gasteiger partial charge in [0.25, 0.3) is 11.8 Å². The lowest BCUT2D eigenvalue weighted by Gasteiger charge is -2.27. The summed E-state index contributed by atoms with van der Waals surface area (Å²) in [6.07, 6.45) is -1.80. The summed E-state index contributed by atoms with van der Waals surface area (Å²) < 4.78 is 11.4. The molecule has 0 fully saturated rings. The third-order valence-electron chi connectivity index (χ3n) is 6.80. The summed E-state index contributed by atoms with van der Waals surface area (Å²) >= 11 is 5.95. The summed E-state index contributed by atoms with van der Waals surface area (Å²) in [7, 11) is 0. The summed E-state index contributed by atoms with van der Waals surface area (Å²) in [6, 6.07) is 15.4. The molecule has 0 unspecified atom stereocenters. The average Bonchev–Trinajstić information content (AvgIpc) is 3.76. The van der Waals surface area contributed by atoms with E-state index in [0.717, 1.165) is 39.1 Å². The van der Waals surface area contributed by atoms with Gasteiger partial charge in [-0.15, -0.1) is 45.3 Å². The van der Waals surface area contributed by atoms with Crippen LogP contribution in [0.3, 0.4) is 0 Å².